The zero-order valence-electron chi connectivity index (χ0n) is 10.2. The van der Waals surface area contributed by atoms with Crippen molar-refractivity contribution in [2.45, 2.75) is 51.9 Å². The molecule has 1 N–H and O–H groups in total. The molecule has 1 aliphatic carbocycles. The summed E-state index contributed by atoms with van der Waals surface area (Å²) in [4.78, 5) is 15.9. The highest BCUT2D eigenvalue weighted by Gasteiger charge is 2.18. The van der Waals surface area contributed by atoms with E-state index in [4.69, 9.17) is 5.11 Å². The van der Waals surface area contributed by atoms with Gasteiger partial charge in [0.2, 0.25) is 0 Å². The second-order valence-electron chi connectivity index (χ2n) is 4.86. The van der Waals surface area contributed by atoms with Crippen molar-refractivity contribution >= 4 is 17.3 Å². The number of rotatable bonds is 4. The van der Waals surface area contributed by atoms with Gasteiger partial charge in [0, 0.05) is 0 Å². The number of thiazole rings is 1. The zero-order chi connectivity index (χ0) is 12.3. The Morgan fingerprint density at radius 2 is 2.12 bits per heavy atom. The summed E-state index contributed by atoms with van der Waals surface area (Å²) in [5.41, 5.74) is 0.797. The molecule has 0 spiro atoms. The Hall–Kier alpha value is -0.900. The van der Waals surface area contributed by atoms with E-state index >= 15 is 0 Å². The molecule has 0 atom stereocenters. The monoisotopic (exact) mass is 253 g/mol. The maximum Gasteiger partial charge on any atom is 0.347 e. The lowest BCUT2D eigenvalue weighted by Gasteiger charge is -2.20. The highest BCUT2D eigenvalue weighted by Crippen LogP contribution is 2.28. The van der Waals surface area contributed by atoms with Crippen LogP contribution in [0.25, 0.3) is 0 Å². The molecule has 0 saturated heterocycles. The van der Waals surface area contributed by atoms with E-state index in [1.54, 1.807) is 0 Å². The molecule has 1 aromatic heterocycles. The Labute approximate surface area is 106 Å². The molecule has 0 radical (unpaired) electrons. The number of carbonyl (C=O) groups is 1. The fourth-order valence-corrected chi connectivity index (χ4v) is 3.43. The van der Waals surface area contributed by atoms with Gasteiger partial charge in [-0.3, -0.25) is 0 Å². The predicted octanol–water partition coefficient (Wildman–Crippen LogP) is 3.66. The van der Waals surface area contributed by atoms with Crippen molar-refractivity contribution < 1.29 is 9.90 Å². The Balaban J connectivity index is 1.95. The van der Waals surface area contributed by atoms with Crippen LogP contribution in [0.2, 0.25) is 0 Å². The highest BCUT2D eigenvalue weighted by atomic mass is 32.1. The van der Waals surface area contributed by atoms with Crippen LogP contribution in [-0.2, 0) is 6.42 Å². The molecule has 1 heterocycles. The summed E-state index contributed by atoms with van der Waals surface area (Å²) < 4.78 is 0. The normalized spacial score (nSPS) is 17.2. The molecular formula is C13H19NO2S. The maximum absolute atomic E-state index is 11.1. The van der Waals surface area contributed by atoms with Gasteiger partial charge < -0.3 is 5.11 Å². The van der Waals surface area contributed by atoms with Crippen LogP contribution >= 0.6 is 11.3 Å². The van der Waals surface area contributed by atoms with Gasteiger partial charge in [-0.1, -0.05) is 32.1 Å². The predicted molar refractivity (Wildman–Crippen MR) is 68.7 cm³/mol. The quantitative estimate of drug-likeness (QED) is 0.890. The second kappa shape index (κ2) is 5.63. The van der Waals surface area contributed by atoms with Gasteiger partial charge in [-0.2, -0.15) is 0 Å². The van der Waals surface area contributed by atoms with E-state index in [2.05, 4.69) is 4.98 Å². The van der Waals surface area contributed by atoms with E-state index in [0.29, 0.717) is 4.88 Å². The fraction of sp³-hybridized carbons (Fsp3) is 0.692. The summed E-state index contributed by atoms with van der Waals surface area (Å²) in [6.45, 7) is 1.88. The Bertz CT molecular complexity index is 394. The number of carboxylic acids is 1. The van der Waals surface area contributed by atoms with Crippen LogP contribution in [0.5, 0.6) is 0 Å². The first-order valence-corrected chi connectivity index (χ1v) is 7.18. The van der Waals surface area contributed by atoms with E-state index in [0.717, 1.165) is 29.5 Å². The van der Waals surface area contributed by atoms with E-state index < -0.39 is 5.97 Å². The lowest BCUT2D eigenvalue weighted by Crippen LogP contribution is -2.08. The molecule has 0 amide bonds. The smallest absolute Gasteiger partial charge is 0.347 e. The van der Waals surface area contributed by atoms with Crippen molar-refractivity contribution in [2.75, 3.05) is 0 Å². The molecule has 0 unspecified atom stereocenters. The van der Waals surface area contributed by atoms with Crippen molar-refractivity contribution in [3.8, 4) is 0 Å². The first-order valence-electron chi connectivity index (χ1n) is 6.36. The largest absolute Gasteiger partial charge is 0.477 e. The van der Waals surface area contributed by atoms with Gasteiger partial charge in [-0.25, -0.2) is 9.78 Å². The Kier molecular flexibility index (Phi) is 4.15. The molecule has 17 heavy (non-hydrogen) atoms. The standard InChI is InChI=1S/C13H19NO2S/c1-9-14-11(12(17-9)13(15)16)8-7-10-5-3-2-4-6-10/h10H,2-8H2,1H3,(H,15,16). The third-order valence-electron chi connectivity index (χ3n) is 3.51. The van der Waals surface area contributed by atoms with Crippen LogP contribution in [-0.4, -0.2) is 16.1 Å². The van der Waals surface area contributed by atoms with Gasteiger partial charge in [0.15, 0.2) is 0 Å². The number of hydrogen-bond donors (Lipinski definition) is 1. The molecule has 1 fully saturated rings. The van der Waals surface area contributed by atoms with Crippen molar-refractivity contribution in [1.29, 1.82) is 0 Å². The topological polar surface area (TPSA) is 50.2 Å². The van der Waals surface area contributed by atoms with Gasteiger partial charge in [0.05, 0.1) is 10.7 Å². The van der Waals surface area contributed by atoms with Crippen molar-refractivity contribution in [2.24, 2.45) is 5.92 Å². The third-order valence-corrected chi connectivity index (χ3v) is 4.51. The molecule has 1 saturated carbocycles. The van der Waals surface area contributed by atoms with Crippen LogP contribution in [0.15, 0.2) is 0 Å². The summed E-state index contributed by atoms with van der Waals surface area (Å²) in [5.74, 6) is -0.0401. The molecular weight excluding hydrogens is 234 g/mol. The Morgan fingerprint density at radius 1 is 1.41 bits per heavy atom. The van der Waals surface area contributed by atoms with Crippen molar-refractivity contribution in [3.05, 3.63) is 15.6 Å². The minimum Gasteiger partial charge on any atom is -0.477 e. The van der Waals surface area contributed by atoms with Gasteiger partial charge in [0.1, 0.15) is 4.88 Å². The first kappa shape index (κ1) is 12.6. The minimum atomic E-state index is -0.825. The fourth-order valence-electron chi connectivity index (χ4n) is 2.62. The van der Waals surface area contributed by atoms with E-state index in [9.17, 15) is 4.79 Å². The van der Waals surface area contributed by atoms with Crippen LogP contribution in [0, 0.1) is 12.8 Å². The minimum absolute atomic E-state index is 0.443. The zero-order valence-corrected chi connectivity index (χ0v) is 11.1. The summed E-state index contributed by atoms with van der Waals surface area (Å²) in [6.07, 6.45) is 8.60. The molecule has 94 valence electrons. The number of aromatic carboxylic acids is 1. The summed E-state index contributed by atoms with van der Waals surface area (Å²) >= 11 is 1.30. The molecule has 4 heteroatoms. The summed E-state index contributed by atoms with van der Waals surface area (Å²) in [5, 5.41) is 9.95. The maximum atomic E-state index is 11.1. The lowest BCUT2D eigenvalue weighted by atomic mass is 9.86. The van der Waals surface area contributed by atoms with Gasteiger partial charge in [-0.05, 0) is 25.7 Å². The van der Waals surface area contributed by atoms with Crippen LogP contribution in [0.3, 0.4) is 0 Å². The van der Waals surface area contributed by atoms with E-state index in [1.165, 1.54) is 43.4 Å². The Morgan fingerprint density at radius 3 is 2.76 bits per heavy atom. The third kappa shape index (κ3) is 3.28. The first-order chi connectivity index (χ1) is 8.16. The highest BCUT2D eigenvalue weighted by molar-refractivity contribution is 7.13. The van der Waals surface area contributed by atoms with Gasteiger partial charge in [-0.15, -0.1) is 11.3 Å². The van der Waals surface area contributed by atoms with Crippen LogP contribution in [0.1, 0.15) is 58.9 Å². The molecule has 2 rings (SSSR count). The number of carboxylic acid groups (broad SMARTS) is 1. The number of hydrogen-bond acceptors (Lipinski definition) is 3. The summed E-state index contributed by atoms with van der Waals surface area (Å²) in [7, 11) is 0. The van der Waals surface area contributed by atoms with Crippen LogP contribution in [0.4, 0.5) is 0 Å². The van der Waals surface area contributed by atoms with Crippen molar-refractivity contribution in [1.82, 2.24) is 4.98 Å². The second-order valence-corrected chi connectivity index (χ2v) is 6.06. The van der Waals surface area contributed by atoms with Gasteiger partial charge in [0.25, 0.3) is 0 Å². The molecule has 0 aliphatic heterocycles. The lowest BCUT2D eigenvalue weighted by molar-refractivity contribution is 0.0700. The summed E-state index contributed by atoms with van der Waals surface area (Å²) in [6, 6.07) is 0. The molecule has 1 aliphatic rings. The number of aromatic nitrogens is 1. The van der Waals surface area contributed by atoms with Crippen molar-refractivity contribution in [3.63, 3.8) is 0 Å². The number of aryl methyl sites for hydroxylation is 2. The average Bonchev–Trinajstić information content (AvgIpc) is 2.69. The van der Waals surface area contributed by atoms with E-state index in [-0.39, 0.29) is 0 Å². The number of nitrogens with zero attached hydrogens (tertiary/aromatic N) is 1. The van der Waals surface area contributed by atoms with Gasteiger partial charge >= 0.3 is 5.97 Å². The molecule has 0 bridgehead atoms. The average molecular weight is 253 g/mol. The van der Waals surface area contributed by atoms with Crippen LogP contribution < -0.4 is 0 Å². The molecule has 1 aromatic rings. The SMILES string of the molecule is Cc1nc(CCC2CCCCC2)c(C(=O)O)s1. The molecule has 0 aromatic carbocycles. The molecule has 3 nitrogen and oxygen atoms in total. The van der Waals surface area contributed by atoms with E-state index in [1.807, 2.05) is 6.92 Å².